The van der Waals surface area contributed by atoms with Gasteiger partial charge in [-0.05, 0) is 36.5 Å². The zero-order chi connectivity index (χ0) is 15.8. The van der Waals surface area contributed by atoms with Crippen LogP contribution < -0.4 is 20.9 Å². The van der Waals surface area contributed by atoms with Crippen LogP contribution in [0, 0.1) is 5.82 Å². The van der Waals surface area contributed by atoms with Gasteiger partial charge in [0.05, 0.1) is 12.8 Å². The molecular weight excluding hydrogens is 309 g/mol. The summed E-state index contributed by atoms with van der Waals surface area (Å²) in [4.78, 5) is 11.5. The molecule has 0 spiro atoms. The number of halogens is 1. The largest absolute Gasteiger partial charge is 0.484 e. The second kappa shape index (κ2) is 7.99. The van der Waals surface area contributed by atoms with Gasteiger partial charge in [-0.2, -0.15) is 0 Å². The molecule has 22 heavy (non-hydrogen) atoms. The maximum atomic E-state index is 12.9. The summed E-state index contributed by atoms with van der Waals surface area (Å²) in [5.41, 5.74) is 4.87. The first-order valence-electron chi connectivity index (χ1n) is 6.37. The predicted octanol–water partition coefficient (Wildman–Crippen LogP) is 1.49. The molecule has 8 heteroatoms. The molecule has 0 bridgehead atoms. The summed E-state index contributed by atoms with van der Waals surface area (Å²) in [6, 6.07) is 9.09. The number of amides is 1. The van der Waals surface area contributed by atoms with Crippen LogP contribution in [0.25, 0.3) is 0 Å². The van der Waals surface area contributed by atoms with Gasteiger partial charge in [0.25, 0.3) is 5.91 Å². The van der Waals surface area contributed by atoms with E-state index in [1.165, 1.54) is 18.2 Å². The number of furan rings is 1. The lowest BCUT2D eigenvalue weighted by Crippen LogP contribution is -2.48. The van der Waals surface area contributed by atoms with E-state index in [9.17, 15) is 9.18 Å². The molecule has 3 N–H and O–H groups in total. The highest BCUT2D eigenvalue weighted by atomic mass is 32.1. The molecular formula is C14H14FN3O3S. The third kappa shape index (κ3) is 5.41. The normalized spacial score (nSPS) is 9.86. The lowest BCUT2D eigenvalue weighted by atomic mass is 10.3. The van der Waals surface area contributed by atoms with Crippen LogP contribution in [0.5, 0.6) is 5.75 Å². The van der Waals surface area contributed by atoms with Crippen molar-refractivity contribution < 1.29 is 18.3 Å². The minimum Gasteiger partial charge on any atom is -0.484 e. The lowest BCUT2D eigenvalue weighted by Gasteiger charge is -2.11. The van der Waals surface area contributed by atoms with Gasteiger partial charge in [-0.3, -0.25) is 15.6 Å². The van der Waals surface area contributed by atoms with E-state index in [0.717, 1.165) is 0 Å². The van der Waals surface area contributed by atoms with Crippen LogP contribution >= 0.6 is 12.2 Å². The van der Waals surface area contributed by atoms with Crippen LogP contribution in [0.2, 0.25) is 0 Å². The molecule has 0 aliphatic carbocycles. The highest BCUT2D eigenvalue weighted by Gasteiger charge is 2.04. The summed E-state index contributed by atoms with van der Waals surface area (Å²) in [6.07, 6.45) is 1.55. The van der Waals surface area contributed by atoms with E-state index in [0.29, 0.717) is 12.3 Å². The molecule has 1 heterocycles. The highest BCUT2D eigenvalue weighted by Crippen LogP contribution is 2.11. The zero-order valence-electron chi connectivity index (χ0n) is 11.5. The molecule has 0 aliphatic rings. The molecule has 1 aromatic carbocycles. The fourth-order valence-electron chi connectivity index (χ4n) is 1.49. The molecule has 0 fully saturated rings. The first-order chi connectivity index (χ1) is 10.6. The van der Waals surface area contributed by atoms with Gasteiger partial charge in [0.15, 0.2) is 11.7 Å². The SMILES string of the molecule is O=C(COc1cccc(F)c1)NNC(=S)NCc1ccco1. The number of nitrogens with one attached hydrogen (secondary N) is 3. The second-order valence-electron chi connectivity index (χ2n) is 4.18. The van der Waals surface area contributed by atoms with Crippen molar-refractivity contribution in [2.24, 2.45) is 0 Å². The summed E-state index contributed by atoms with van der Waals surface area (Å²) in [7, 11) is 0. The van der Waals surface area contributed by atoms with Gasteiger partial charge >= 0.3 is 0 Å². The average Bonchev–Trinajstić information content (AvgIpc) is 3.02. The van der Waals surface area contributed by atoms with Gasteiger partial charge < -0.3 is 14.5 Å². The van der Waals surface area contributed by atoms with Crippen molar-refractivity contribution in [2.75, 3.05) is 6.61 Å². The van der Waals surface area contributed by atoms with Crippen LogP contribution in [-0.2, 0) is 11.3 Å². The molecule has 2 rings (SSSR count). The Morgan fingerprint density at radius 3 is 2.86 bits per heavy atom. The van der Waals surface area contributed by atoms with Gasteiger partial charge in [0.1, 0.15) is 17.3 Å². The zero-order valence-corrected chi connectivity index (χ0v) is 12.3. The van der Waals surface area contributed by atoms with Crippen LogP contribution in [0.15, 0.2) is 47.1 Å². The van der Waals surface area contributed by atoms with Crippen molar-refractivity contribution in [1.82, 2.24) is 16.2 Å². The number of ether oxygens (including phenoxy) is 1. The molecule has 2 aromatic rings. The average molecular weight is 323 g/mol. The number of hydrogen-bond acceptors (Lipinski definition) is 4. The Morgan fingerprint density at radius 1 is 1.27 bits per heavy atom. The van der Waals surface area contributed by atoms with Crippen molar-refractivity contribution in [3.8, 4) is 5.75 Å². The van der Waals surface area contributed by atoms with Gasteiger partial charge in [-0.25, -0.2) is 4.39 Å². The Bertz CT molecular complexity index is 634. The monoisotopic (exact) mass is 323 g/mol. The fraction of sp³-hybridized carbons (Fsp3) is 0.143. The molecule has 6 nitrogen and oxygen atoms in total. The van der Waals surface area contributed by atoms with Crippen molar-refractivity contribution in [1.29, 1.82) is 0 Å². The van der Waals surface area contributed by atoms with Crippen LogP contribution in [0.1, 0.15) is 5.76 Å². The summed E-state index contributed by atoms with van der Waals surface area (Å²) >= 11 is 4.97. The number of benzene rings is 1. The molecule has 1 amide bonds. The fourth-order valence-corrected chi connectivity index (χ4v) is 1.62. The number of thiocarbonyl (C=S) groups is 1. The van der Waals surface area contributed by atoms with Crippen LogP contribution in [-0.4, -0.2) is 17.6 Å². The Morgan fingerprint density at radius 2 is 2.14 bits per heavy atom. The van der Waals surface area contributed by atoms with E-state index in [4.69, 9.17) is 21.4 Å². The topological polar surface area (TPSA) is 75.5 Å². The maximum absolute atomic E-state index is 12.9. The van der Waals surface area contributed by atoms with Crippen molar-refractivity contribution >= 4 is 23.2 Å². The number of hydrogen-bond donors (Lipinski definition) is 3. The predicted molar refractivity (Wildman–Crippen MR) is 81.3 cm³/mol. The van der Waals surface area contributed by atoms with Gasteiger partial charge in [0.2, 0.25) is 0 Å². The maximum Gasteiger partial charge on any atom is 0.276 e. The van der Waals surface area contributed by atoms with E-state index < -0.39 is 11.7 Å². The first kappa shape index (κ1) is 15.8. The number of rotatable bonds is 5. The second-order valence-corrected chi connectivity index (χ2v) is 4.59. The molecule has 0 aliphatic heterocycles. The van der Waals surface area contributed by atoms with E-state index in [2.05, 4.69) is 16.2 Å². The third-order valence-corrected chi connectivity index (χ3v) is 2.73. The smallest absolute Gasteiger partial charge is 0.276 e. The van der Waals surface area contributed by atoms with Gasteiger partial charge in [-0.1, -0.05) is 6.07 Å². The molecule has 1 aromatic heterocycles. The van der Waals surface area contributed by atoms with Crippen molar-refractivity contribution in [2.45, 2.75) is 6.54 Å². The van der Waals surface area contributed by atoms with E-state index in [-0.39, 0.29) is 17.5 Å². The van der Waals surface area contributed by atoms with E-state index in [1.807, 2.05) is 0 Å². The first-order valence-corrected chi connectivity index (χ1v) is 6.78. The Balaban J connectivity index is 1.63. The molecule has 0 unspecified atom stereocenters. The van der Waals surface area contributed by atoms with Gasteiger partial charge in [0, 0.05) is 6.07 Å². The van der Waals surface area contributed by atoms with Crippen LogP contribution in [0.3, 0.4) is 0 Å². The number of carbonyl (C=O) groups is 1. The molecule has 0 atom stereocenters. The highest BCUT2D eigenvalue weighted by molar-refractivity contribution is 7.80. The summed E-state index contributed by atoms with van der Waals surface area (Å²) < 4.78 is 23.2. The summed E-state index contributed by atoms with van der Waals surface area (Å²) in [5.74, 6) is 0.101. The molecule has 0 saturated heterocycles. The molecule has 116 valence electrons. The van der Waals surface area contributed by atoms with Gasteiger partial charge in [-0.15, -0.1) is 0 Å². The Labute approximate surface area is 131 Å². The van der Waals surface area contributed by atoms with Crippen molar-refractivity contribution in [3.05, 3.63) is 54.2 Å². The summed E-state index contributed by atoms with van der Waals surface area (Å²) in [5, 5.41) is 3.08. The quantitative estimate of drug-likeness (QED) is 0.572. The van der Waals surface area contributed by atoms with Crippen molar-refractivity contribution in [3.63, 3.8) is 0 Å². The van der Waals surface area contributed by atoms with Crippen LogP contribution in [0.4, 0.5) is 4.39 Å². The Kier molecular flexibility index (Phi) is 5.73. The molecule has 0 saturated carbocycles. The minimum atomic E-state index is -0.452. The Hall–Kier alpha value is -2.61. The summed E-state index contributed by atoms with van der Waals surface area (Å²) in [6.45, 7) is 0.131. The lowest BCUT2D eigenvalue weighted by molar-refractivity contribution is -0.123. The molecule has 0 radical (unpaired) electrons. The minimum absolute atomic E-state index is 0.232. The third-order valence-electron chi connectivity index (χ3n) is 2.48. The number of carbonyl (C=O) groups excluding carboxylic acids is 1. The van der Waals surface area contributed by atoms with E-state index in [1.54, 1.807) is 24.5 Å². The van der Waals surface area contributed by atoms with E-state index >= 15 is 0 Å². The number of hydrazine groups is 1. The standard InChI is InChI=1S/C14H14FN3O3S/c15-10-3-1-4-11(7-10)21-9-13(19)17-18-14(22)16-8-12-5-2-6-20-12/h1-7H,8-9H2,(H,17,19)(H2,16,18,22).